The monoisotopic (exact) mass is 276 g/mol. The number of nitrogens with zero attached hydrogens (tertiary/aromatic N) is 1. The molecule has 1 aromatic carbocycles. The summed E-state index contributed by atoms with van der Waals surface area (Å²) < 4.78 is 5.41. The molecule has 0 spiro atoms. The third kappa shape index (κ3) is 3.82. The molecule has 0 radical (unpaired) electrons. The fourth-order valence-corrected chi connectivity index (χ4v) is 2.61. The summed E-state index contributed by atoms with van der Waals surface area (Å²) in [7, 11) is 1.71. The number of hydrogen-bond acceptors (Lipinski definition) is 4. The van der Waals surface area contributed by atoms with Crippen molar-refractivity contribution in [2.45, 2.75) is 18.9 Å². The van der Waals surface area contributed by atoms with E-state index >= 15 is 0 Å². The van der Waals surface area contributed by atoms with Crippen LogP contribution in [0.15, 0.2) is 30.3 Å². The Labute approximate surface area is 120 Å². The van der Waals surface area contributed by atoms with Crippen molar-refractivity contribution in [1.82, 2.24) is 4.90 Å². The maximum atomic E-state index is 9.80. The molecule has 0 saturated heterocycles. The Kier molecular flexibility index (Phi) is 5.59. The van der Waals surface area contributed by atoms with Gasteiger partial charge in [0.15, 0.2) is 0 Å². The van der Waals surface area contributed by atoms with E-state index < -0.39 is 0 Å². The third-order valence-corrected chi connectivity index (χ3v) is 3.72. The average molecular weight is 276 g/mol. The van der Waals surface area contributed by atoms with Crippen LogP contribution < -0.4 is 10.5 Å². The number of hydrogen-bond donors (Lipinski definition) is 2. The first-order valence-electron chi connectivity index (χ1n) is 7.17. The number of benzene rings is 1. The summed E-state index contributed by atoms with van der Waals surface area (Å²) in [5, 5.41) is 9.80. The second kappa shape index (κ2) is 7.43. The number of aliphatic hydroxyl groups excluding tert-OH is 1. The summed E-state index contributed by atoms with van der Waals surface area (Å²) in [4.78, 5) is 2.26. The smallest absolute Gasteiger partial charge is 0.126 e. The molecule has 0 amide bonds. The van der Waals surface area contributed by atoms with Crippen LogP contribution in [-0.4, -0.2) is 49.4 Å². The Balaban J connectivity index is 1.98. The van der Waals surface area contributed by atoms with Crippen molar-refractivity contribution in [3.8, 4) is 5.75 Å². The van der Waals surface area contributed by atoms with Crippen LogP contribution in [-0.2, 0) is 0 Å². The van der Waals surface area contributed by atoms with Gasteiger partial charge in [-0.3, -0.25) is 4.90 Å². The van der Waals surface area contributed by atoms with Crippen LogP contribution in [0, 0.1) is 0 Å². The van der Waals surface area contributed by atoms with Crippen molar-refractivity contribution in [2.75, 3.05) is 33.3 Å². The predicted octanol–water partition coefficient (Wildman–Crippen LogP) is 1.49. The van der Waals surface area contributed by atoms with Crippen molar-refractivity contribution in [1.29, 1.82) is 0 Å². The molecule has 1 aliphatic rings. The molecule has 0 saturated carbocycles. The van der Waals surface area contributed by atoms with E-state index in [0.717, 1.165) is 25.3 Å². The normalized spacial score (nSPS) is 17.6. The Morgan fingerprint density at radius 1 is 1.40 bits per heavy atom. The molecule has 110 valence electrons. The molecule has 2 rings (SSSR count). The van der Waals surface area contributed by atoms with Gasteiger partial charge in [-0.1, -0.05) is 24.3 Å². The molecule has 0 fully saturated rings. The SMILES string of the molecule is COc1ccccc1C1=CCN(C[C@H](O)CCN)CC1. The summed E-state index contributed by atoms with van der Waals surface area (Å²) in [6.07, 6.45) is 3.56. The number of aliphatic hydroxyl groups is 1. The molecule has 0 aliphatic carbocycles. The van der Waals surface area contributed by atoms with E-state index in [-0.39, 0.29) is 6.10 Å². The van der Waals surface area contributed by atoms with Crippen LogP contribution in [0.25, 0.3) is 5.57 Å². The number of methoxy groups -OCH3 is 1. The predicted molar refractivity (Wildman–Crippen MR) is 81.7 cm³/mol. The van der Waals surface area contributed by atoms with E-state index in [1.165, 1.54) is 11.1 Å². The van der Waals surface area contributed by atoms with Crippen molar-refractivity contribution in [3.05, 3.63) is 35.9 Å². The molecule has 1 aromatic rings. The lowest BCUT2D eigenvalue weighted by Crippen LogP contribution is -2.36. The van der Waals surface area contributed by atoms with E-state index in [2.05, 4.69) is 17.0 Å². The van der Waals surface area contributed by atoms with Gasteiger partial charge in [-0.05, 0) is 31.0 Å². The van der Waals surface area contributed by atoms with Crippen LogP contribution in [0.2, 0.25) is 0 Å². The second-order valence-corrected chi connectivity index (χ2v) is 5.17. The lowest BCUT2D eigenvalue weighted by Gasteiger charge is -2.28. The standard InChI is InChI=1S/C16H24N2O2/c1-20-16-5-3-2-4-15(16)13-7-10-18(11-8-13)12-14(19)6-9-17/h2-5,7,14,19H,6,8-12,17H2,1H3/t14-/m1/s1. The van der Waals surface area contributed by atoms with Gasteiger partial charge in [-0.25, -0.2) is 0 Å². The summed E-state index contributed by atoms with van der Waals surface area (Å²) in [6.45, 7) is 3.07. The molecule has 0 unspecified atom stereocenters. The van der Waals surface area contributed by atoms with E-state index in [4.69, 9.17) is 10.5 Å². The minimum absolute atomic E-state index is 0.318. The molecular weight excluding hydrogens is 252 g/mol. The first-order valence-corrected chi connectivity index (χ1v) is 7.17. The second-order valence-electron chi connectivity index (χ2n) is 5.17. The van der Waals surface area contributed by atoms with Gasteiger partial charge < -0.3 is 15.6 Å². The highest BCUT2D eigenvalue weighted by molar-refractivity contribution is 5.71. The first-order chi connectivity index (χ1) is 9.74. The highest BCUT2D eigenvalue weighted by Gasteiger charge is 2.17. The largest absolute Gasteiger partial charge is 0.496 e. The van der Waals surface area contributed by atoms with E-state index in [9.17, 15) is 5.11 Å². The van der Waals surface area contributed by atoms with Gasteiger partial charge in [0.1, 0.15) is 5.75 Å². The van der Waals surface area contributed by atoms with Gasteiger partial charge in [0.05, 0.1) is 13.2 Å². The van der Waals surface area contributed by atoms with Crippen molar-refractivity contribution < 1.29 is 9.84 Å². The summed E-state index contributed by atoms with van der Waals surface area (Å²) in [5.74, 6) is 0.926. The van der Waals surface area contributed by atoms with Crippen LogP contribution in [0.1, 0.15) is 18.4 Å². The zero-order chi connectivity index (χ0) is 14.4. The van der Waals surface area contributed by atoms with Crippen molar-refractivity contribution >= 4 is 5.57 Å². The van der Waals surface area contributed by atoms with Gasteiger partial charge in [0.2, 0.25) is 0 Å². The minimum atomic E-state index is -0.318. The molecule has 1 aliphatic heterocycles. The number of rotatable bonds is 6. The molecule has 3 N–H and O–H groups in total. The lowest BCUT2D eigenvalue weighted by atomic mass is 9.98. The Bertz CT molecular complexity index is 460. The molecule has 1 heterocycles. The maximum absolute atomic E-state index is 9.80. The van der Waals surface area contributed by atoms with E-state index in [0.29, 0.717) is 19.5 Å². The minimum Gasteiger partial charge on any atom is -0.496 e. The molecule has 4 nitrogen and oxygen atoms in total. The zero-order valence-electron chi connectivity index (χ0n) is 12.1. The van der Waals surface area contributed by atoms with Gasteiger partial charge in [-0.2, -0.15) is 0 Å². The van der Waals surface area contributed by atoms with Crippen molar-refractivity contribution in [3.63, 3.8) is 0 Å². The Hall–Kier alpha value is -1.36. The van der Waals surface area contributed by atoms with Crippen LogP contribution >= 0.6 is 0 Å². The maximum Gasteiger partial charge on any atom is 0.126 e. The molecule has 0 aromatic heterocycles. The lowest BCUT2D eigenvalue weighted by molar-refractivity contribution is 0.113. The van der Waals surface area contributed by atoms with Gasteiger partial charge in [0.25, 0.3) is 0 Å². The van der Waals surface area contributed by atoms with Gasteiger partial charge in [-0.15, -0.1) is 0 Å². The molecule has 1 atom stereocenters. The molecule has 0 bridgehead atoms. The van der Waals surface area contributed by atoms with Gasteiger partial charge >= 0.3 is 0 Å². The van der Waals surface area contributed by atoms with Gasteiger partial charge in [0, 0.05) is 25.2 Å². The number of ether oxygens (including phenoxy) is 1. The fourth-order valence-electron chi connectivity index (χ4n) is 2.61. The summed E-state index contributed by atoms with van der Waals surface area (Å²) in [5.41, 5.74) is 7.96. The third-order valence-electron chi connectivity index (χ3n) is 3.72. The first kappa shape index (κ1) is 15.0. The van der Waals surface area contributed by atoms with Crippen LogP contribution in [0.4, 0.5) is 0 Å². The topological polar surface area (TPSA) is 58.7 Å². The number of para-hydroxylation sites is 1. The quantitative estimate of drug-likeness (QED) is 0.826. The highest BCUT2D eigenvalue weighted by atomic mass is 16.5. The summed E-state index contributed by atoms with van der Waals surface area (Å²) >= 11 is 0. The van der Waals surface area contributed by atoms with Crippen molar-refractivity contribution in [2.24, 2.45) is 5.73 Å². The number of β-amino-alcohol motifs (C(OH)–C–C–N with tert-alkyl or cyclic N) is 1. The van der Waals surface area contributed by atoms with Crippen LogP contribution in [0.3, 0.4) is 0 Å². The number of nitrogens with two attached hydrogens (primary N) is 1. The zero-order valence-corrected chi connectivity index (χ0v) is 12.1. The molecular formula is C16H24N2O2. The Morgan fingerprint density at radius 3 is 2.85 bits per heavy atom. The van der Waals surface area contributed by atoms with Crippen LogP contribution in [0.5, 0.6) is 5.75 Å². The van der Waals surface area contributed by atoms with E-state index in [1.807, 2.05) is 18.2 Å². The average Bonchev–Trinajstić information content (AvgIpc) is 2.48. The Morgan fingerprint density at radius 2 is 2.20 bits per heavy atom. The highest BCUT2D eigenvalue weighted by Crippen LogP contribution is 2.29. The summed E-state index contributed by atoms with van der Waals surface area (Å²) in [6, 6.07) is 8.12. The van der Waals surface area contributed by atoms with E-state index in [1.54, 1.807) is 7.11 Å². The molecule has 4 heteroatoms. The molecule has 20 heavy (non-hydrogen) atoms. The fraction of sp³-hybridized carbons (Fsp3) is 0.500.